The minimum absolute atomic E-state index is 0.0432. The van der Waals surface area contributed by atoms with Gasteiger partial charge < -0.3 is 10.2 Å². The molecule has 0 aliphatic rings. The van der Waals surface area contributed by atoms with Crippen molar-refractivity contribution in [1.29, 1.82) is 0 Å². The fourth-order valence-electron chi connectivity index (χ4n) is 1.29. The van der Waals surface area contributed by atoms with Crippen molar-refractivity contribution >= 4 is 11.6 Å². The lowest BCUT2D eigenvalue weighted by Crippen LogP contribution is -2.09. The molecule has 2 heterocycles. The molecule has 17 heavy (non-hydrogen) atoms. The van der Waals surface area contributed by atoms with Crippen LogP contribution in [-0.2, 0) is 6.54 Å². The van der Waals surface area contributed by atoms with E-state index >= 15 is 0 Å². The predicted octanol–water partition coefficient (Wildman–Crippen LogP) is 0.531. The molecular weight excluding hydrogens is 228 g/mol. The second-order valence-electron chi connectivity index (χ2n) is 3.28. The van der Waals surface area contributed by atoms with Crippen molar-refractivity contribution in [2.75, 3.05) is 0 Å². The molecule has 0 atom stereocenters. The Labute approximate surface area is 94.8 Å². The van der Waals surface area contributed by atoms with Crippen LogP contribution in [0.15, 0.2) is 28.9 Å². The van der Waals surface area contributed by atoms with E-state index in [-0.39, 0.29) is 18.0 Å². The lowest BCUT2D eigenvalue weighted by molar-refractivity contribution is -0.385. The molecule has 88 valence electrons. The second-order valence-corrected chi connectivity index (χ2v) is 3.28. The summed E-state index contributed by atoms with van der Waals surface area (Å²) in [6, 6.07) is 3.00. The van der Waals surface area contributed by atoms with Gasteiger partial charge in [-0.3, -0.25) is 19.6 Å². The highest BCUT2D eigenvalue weighted by atomic mass is 16.6. The lowest BCUT2D eigenvalue weighted by atomic mass is 10.4. The predicted molar refractivity (Wildman–Crippen MR) is 55.2 cm³/mol. The van der Waals surface area contributed by atoms with E-state index < -0.39 is 10.8 Å². The molecule has 0 radical (unpaired) electrons. The Morgan fingerprint density at radius 3 is 2.88 bits per heavy atom. The van der Waals surface area contributed by atoms with Crippen LogP contribution in [0.2, 0.25) is 0 Å². The van der Waals surface area contributed by atoms with Crippen molar-refractivity contribution < 1.29 is 14.1 Å². The van der Waals surface area contributed by atoms with Gasteiger partial charge in [-0.2, -0.15) is 5.10 Å². The molecule has 2 rings (SSSR count). The molecule has 0 spiro atoms. The number of furan rings is 1. The van der Waals surface area contributed by atoms with Crippen molar-refractivity contribution in [2.24, 2.45) is 5.73 Å². The number of hydrogen-bond donors (Lipinski definition) is 1. The van der Waals surface area contributed by atoms with Crippen LogP contribution in [0.3, 0.4) is 0 Å². The number of nitro groups is 1. The van der Waals surface area contributed by atoms with Crippen LogP contribution < -0.4 is 5.73 Å². The monoisotopic (exact) mass is 236 g/mol. The second kappa shape index (κ2) is 4.08. The van der Waals surface area contributed by atoms with E-state index in [1.54, 1.807) is 6.07 Å². The molecule has 8 heteroatoms. The van der Waals surface area contributed by atoms with E-state index in [0.717, 1.165) is 6.20 Å². The third-order valence-electron chi connectivity index (χ3n) is 2.05. The van der Waals surface area contributed by atoms with Crippen LogP contribution in [0.25, 0.3) is 0 Å². The topological polar surface area (TPSA) is 117 Å². The summed E-state index contributed by atoms with van der Waals surface area (Å²) in [5.41, 5.74) is 4.91. The van der Waals surface area contributed by atoms with Gasteiger partial charge >= 0.3 is 5.69 Å². The maximum absolute atomic E-state index is 10.8. The number of nitrogens with two attached hydrogens (primary N) is 1. The Morgan fingerprint density at radius 1 is 1.59 bits per heavy atom. The molecule has 2 aromatic heterocycles. The largest absolute Gasteiger partial charge is 0.454 e. The summed E-state index contributed by atoms with van der Waals surface area (Å²) >= 11 is 0. The number of carbonyl (C=O) groups is 1. The van der Waals surface area contributed by atoms with Crippen molar-refractivity contribution in [3.63, 3.8) is 0 Å². The third-order valence-corrected chi connectivity index (χ3v) is 2.05. The minimum atomic E-state index is -0.664. The molecule has 0 saturated heterocycles. The van der Waals surface area contributed by atoms with Crippen molar-refractivity contribution in [2.45, 2.75) is 6.54 Å². The van der Waals surface area contributed by atoms with Crippen LogP contribution in [0.4, 0.5) is 5.69 Å². The first-order valence-electron chi connectivity index (χ1n) is 4.61. The number of hydrogen-bond acceptors (Lipinski definition) is 5. The van der Waals surface area contributed by atoms with E-state index in [0.29, 0.717) is 5.76 Å². The van der Waals surface area contributed by atoms with Gasteiger partial charge in [0.15, 0.2) is 5.76 Å². The quantitative estimate of drug-likeness (QED) is 0.613. The summed E-state index contributed by atoms with van der Waals surface area (Å²) in [4.78, 5) is 20.7. The number of aromatic nitrogens is 2. The van der Waals surface area contributed by atoms with Gasteiger partial charge in [-0.1, -0.05) is 0 Å². The highest BCUT2D eigenvalue weighted by Crippen LogP contribution is 2.12. The first kappa shape index (κ1) is 10.9. The van der Waals surface area contributed by atoms with Gasteiger partial charge in [0.05, 0.1) is 11.5 Å². The van der Waals surface area contributed by atoms with Gasteiger partial charge in [-0.15, -0.1) is 0 Å². The molecular formula is C9H8N4O4. The van der Waals surface area contributed by atoms with Crippen LogP contribution in [-0.4, -0.2) is 20.6 Å². The van der Waals surface area contributed by atoms with Gasteiger partial charge in [0, 0.05) is 0 Å². The van der Waals surface area contributed by atoms with E-state index in [1.807, 2.05) is 0 Å². The number of primary amides is 1. The summed E-state index contributed by atoms with van der Waals surface area (Å²) in [6.45, 7) is 0.196. The smallest absolute Gasteiger partial charge is 0.307 e. The van der Waals surface area contributed by atoms with E-state index in [4.69, 9.17) is 10.2 Å². The molecule has 0 aliphatic heterocycles. The molecule has 0 fully saturated rings. The summed E-state index contributed by atoms with van der Waals surface area (Å²) in [5, 5.41) is 14.2. The van der Waals surface area contributed by atoms with Gasteiger partial charge in [0.2, 0.25) is 0 Å². The summed E-state index contributed by atoms with van der Waals surface area (Å²) < 4.78 is 6.45. The van der Waals surface area contributed by atoms with Crippen LogP contribution in [0.5, 0.6) is 0 Å². The number of nitrogens with zero attached hydrogens (tertiary/aromatic N) is 3. The Kier molecular flexibility index (Phi) is 2.61. The highest BCUT2D eigenvalue weighted by Gasteiger charge is 2.11. The standard InChI is InChI=1S/C9H8N4O4/c10-9(14)8-2-1-7(17-8)5-12-4-6(3-11-12)13(15)16/h1-4H,5H2,(H2,10,14). The Balaban J connectivity index is 2.13. The molecule has 8 nitrogen and oxygen atoms in total. The first-order chi connectivity index (χ1) is 8.06. The summed E-state index contributed by atoms with van der Waals surface area (Å²) in [6.07, 6.45) is 2.41. The van der Waals surface area contributed by atoms with Gasteiger partial charge in [0.1, 0.15) is 18.2 Å². The van der Waals surface area contributed by atoms with Crippen molar-refractivity contribution in [3.8, 4) is 0 Å². The van der Waals surface area contributed by atoms with E-state index in [9.17, 15) is 14.9 Å². The average molecular weight is 236 g/mol. The molecule has 0 saturated carbocycles. The summed E-state index contributed by atoms with van der Waals surface area (Å²) in [7, 11) is 0. The summed E-state index contributed by atoms with van der Waals surface area (Å²) in [5.74, 6) is -0.179. The fraction of sp³-hybridized carbons (Fsp3) is 0.111. The number of rotatable bonds is 4. The Morgan fingerprint density at radius 2 is 2.35 bits per heavy atom. The number of carbonyl (C=O) groups excluding carboxylic acids is 1. The van der Waals surface area contributed by atoms with Crippen LogP contribution in [0.1, 0.15) is 16.3 Å². The van der Waals surface area contributed by atoms with Gasteiger partial charge in [-0.05, 0) is 12.1 Å². The zero-order valence-corrected chi connectivity index (χ0v) is 8.57. The first-order valence-corrected chi connectivity index (χ1v) is 4.61. The van der Waals surface area contributed by atoms with Gasteiger partial charge in [0.25, 0.3) is 5.91 Å². The SMILES string of the molecule is NC(=O)c1ccc(Cn2cc([N+](=O)[O-])cn2)o1. The Hall–Kier alpha value is -2.64. The molecule has 2 aromatic rings. The zero-order valence-electron chi connectivity index (χ0n) is 8.57. The molecule has 0 aliphatic carbocycles. The fourth-order valence-corrected chi connectivity index (χ4v) is 1.29. The molecule has 2 N–H and O–H groups in total. The van der Waals surface area contributed by atoms with Crippen LogP contribution in [0, 0.1) is 10.1 Å². The van der Waals surface area contributed by atoms with Crippen LogP contribution >= 0.6 is 0 Å². The van der Waals surface area contributed by atoms with Gasteiger partial charge in [-0.25, -0.2) is 0 Å². The molecule has 1 amide bonds. The Bertz CT molecular complexity index is 521. The number of amides is 1. The highest BCUT2D eigenvalue weighted by molar-refractivity contribution is 5.89. The third kappa shape index (κ3) is 2.30. The molecule has 0 unspecified atom stereocenters. The normalized spacial score (nSPS) is 10.4. The molecule has 0 bridgehead atoms. The minimum Gasteiger partial charge on any atom is -0.454 e. The van der Waals surface area contributed by atoms with E-state index in [2.05, 4.69) is 5.10 Å². The molecule has 0 aromatic carbocycles. The maximum atomic E-state index is 10.8. The zero-order chi connectivity index (χ0) is 12.4. The van der Waals surface area contributed by atoms with Crippen molar-refractivity contribution in [3.05, 3.63) is 46.2 Å². The van der Waals surface area contributed by atoms with E-state index in [1.165, 1.54) is 16.9 Å². The lowest BCUT2D eigenvalue weighted by Gasteiger charge is -1.95. The van der Waals surface area contributed by atoms with Crippen molar-refractivity contribution in [1.82, 2.24) is 9.78 Å². The average Bonchev–Trinajstić information content (AvgIpc) is 2.87. The maximum Gasteiger partial charge on any atom is 0.307 e.